The van der Waals surface area contributed by atoms with E-state index in [0.717, 1.165) is 11.3 Å². The number of amides is 2. The molecule has 0 spiro atoms. The lowest BCUT2D eigenvalue weighted by molar-refractivity contribution is 0.194. The Balaban J connectivity index is 1.49. The van der Waals surface area contributed by atoms with Crippen molar-refractivity contribution in [2.45, 2.75) is 13.5 Å². The van der Waals surface area contributed by atoms with Crippen LogP contribution in [0.5, 0.6) is 0 Å². The molecule has 1 aliphatic rings. The molecule has 0 atom stereocenters. The first-order valence-electron chi connectivity index (χ1n) is 8.21. The second-order valence-electron chi connectivity index (χ2n) is 6.10. The maximum atomic E-state index is 13.3. The summed E-state index contributed by atoms with van der Waals surface area (Å²) in [5, 5.41) is 2.96. The molecule has 0 unspecified atom stereocenters. The van der Waals surface area contributed by atoms with Gasteiger partial charge < -0.3 is 15.1 Å². The third-order valence-corrected chi connectivity index (χ3v) is 4.30. The Kier molecular flexibility index (Phi) is 4.99. The lowest BCUT2D eigenvalue weighted by Gasteiger charge is -2.36. The van der Waals surface area contributed by atoms with E-state index in [2.05, 4.69) is 10.2 Å². The molecule has 1 heterocycles. The summed E-state index contributed by atoms with van der Waals surface area (Å²) < 4.78 is 13.3. The molecular formula is C19H22FN3O. The number of carbonyl (C=O) groups is 1. The van der Waals surface area contributed by atoms with Crippen LogP contribution in [0.2, 0.25) is 0 Å². The molecule has 4 nitrogen and oxygen atoms in total. The van der Waals surface area contributed by atoms with Gasteiger partial charge in [0.1, 0.15) is 5.82 Å². The lowest BCUT2D eigenvalue weighted by atomic mass is 10.1. The van der Waals surface area contributed by atoms with Crippen LogP contribution in [0.25, 0.3) is 0 Å². The zero-order valence-electron chi connectivity index (χ0n) is 13.8. The third kappa shape index (κ3) is 4.04. The Morgan fingerprint density at radius 1 is 1.08 bits per heavy atom. The van der Waals surface area contributed by atoms with Gasteiger partial charge in [-0.2, -0.15) is 0 Å². The van der Waals surface area contributed by atoms with Crippen LogP contribution < -0.4 is 10.2 Å². The number of carbonyl (C=O) groups excluding carboxylic acids is 1. The zero-order valence-corrected chi connectivity index (χ0v) is 13.8. The van der Waals surface area contributed by atoms with Gasteiger partial charge in [0.25, 0.3) is 0 Å². The number of benzene rings is 2. The SMILES string of the molecule is Cc1ccc(CNC(=O)N2CCN(c3cccc(F)c3)CC2)cc1. The molecule has 0 bridgehead atoms. The predicted molar refractivity (Wildman–Crippen MR) is 93.6 cm³/mol. The maximum Gasteiger partial charge on any atom is 0.317 e. The summed E-state index contributed by atoms with van der Waals surface area (Å²) in [4.78, 5) is 16.2. The molecule has 2 aromatic rings. The summed E-state index contributed by atoms with van der Waals surface area (Å²) in [6.45, 7) is 5.26. The first-order valence-corrected chi connectivity index (χ1v) is 8.21. The van der Waals surface area contributed by atoms with E-state index in [-0.39, 0.29) is 11.8 Å². The molecule has 3 rings (SSSR count). The highest BCUT2D eigenvalue weighted by atomic mass is 19.1. The molecule has 126 valence electrons. The van der Waals surface area contributed by atoms with Gasteiger partial charge >= 0.3 is 6.03 Å². The van der Waals surface area contributed by atoms with Crippen molar-refractivity contribution in [3.8, 4) is 0 Å². The predicted octanol–water partition coefficient (Wildman–Crippen LogP) is 3.17. The van der Waals surface area contributed by atoms with Crippen molar-refractivity contribution in [1.29, 1.82) is 0 Å². The Bertz CT molecular complexity index is 694. The van der Waals surface area contributed by atoms with Gasteiger partial charge in [-0.25, -0.2) is 9.18 Å². The second-order valence-corrected chi connectivity index (χ2v) is 6.10. The molecule has 2 aromatic carbocycles. The quantitative estimate of drug-likeness (QED) is 0.940. The van der Waals surface area contributed by atoms with Crippen molar-refractivity contribution in [2.75, 3.05) is 31.1 Å². The van der Waals surface area contributed by atoms with Gasteiger partial charge in [0, 0.05) is 38.4 Å². The van der Waals surface area contributed by atoms with Crippen LogP contribution >= 0.6 is 0 Å². The second kappa shape index (κ2) is 7.34. The smallest absolute Gasteiger partial charge is 0.317 e. The largest absolute Gasteiger partial charge is 0.368 e. The van der Waals surface area contributed by atoms with Crippen molar-refractivity contribution in [3.63, 3.8) is 0 Å². The Hall–Kier alpha value is -2.56. The molecule has 5 heteroatoms. The average Bonchev–Trinajstić information content (AvgIpc) is 2.61. The van der Waals surface area contributed by atoms with Crippen molar-refractivity contribution in [3.05, 3.63) is 65.5 Å². The van der Waals surface area contributed by atoms with Crippen LogP contribution in [0.4, 0.5) is 14.9 Å². The van der Waals surface area contributed by atoms with Crippen molar-refractivity contribution >= 4 is 11.7 Å². The van der Waals surface area contributed by atoms with Crippen LogP contribution in [-0.4, -0.2) is 37.1 Å². The molecule has 1 N–H and O–H groups in total. The number of hydrogen-bond acceptors (Lipinski definition) is 2. The van der Waals surface area contributed by atoms with Crippen LogP contribution in [0.15, 0.2) is 48.5 Å². The topological polar surface area (TPSA) is 35.6 Å². The fraction of sp³-hybridized carbons (Fsp3) is 0.316. The summed E-state index contributed by atoms with van der Waals surface area (Å²) in [6, 6.07) is 14.7. The standard InChI is InChI=1S/C19H22FN3O/c1-15-5-7-16(8-6-15)14-21-19(24)23-11-9-22(10-12-23)18-4-2-3-17(20)13-18/h2-8,13H,9-12,14H2,1H3,(H,21,24). The molecule has 0 aliphatic carbocycles. The number of hydrogen-bond donors (Lipinski definition) is 1. The molecule has 1 aliphatic heterocycles. The third-order valence-electron chi connectivity index (χ3n) is 4.30. The number of urea groups is 1. The van der Waals surface area contributed by atoms with Crippen LogP contribution in [0.1, 0.15) is 11.1 Å². The van der Waals surface area contributed by atoms with E-state index >= 15 is 0 Å². The van der Waals surface area contributed by atoms with E-state index in [9.17, 15) is 9.18 Å². The number of nitrogens with zero attached hydrogens (tertiary/aromatic N) is 2. The molecule has 1 saturated heterocycles. The highest BCUT2D eigenvalue weighted by Crippen LogP contribution is 2.17. The van der Waals surface area contributed by atoms with Gasteiger partial charge in [-0.15, -0.1) is 0 Å². The minimum Gasteiger partial charge on any atom is -0.368 e. The normalized spacial score (nSPS) is 14.6. The highest BCUT2D eigenvalue weighted by molar-refractivity contribution is 5.74. The maximum absolute atomic E-state index is 13.3. The van der Waals surface area contributed by atoms with Gasteiger partial charge in [-0.1, -0.05) is 35.9 Å². The number of aryl methyl sites for hydroxylation is 1. The van der Waals surface area contributed by atoms with Crippen molar-refractivity contribution in [2.24, 2.45) is 0 Å². The summed E-state index contributed by atoms with van der Waals surface area (Å²) >= 11 is 0. The molecule has 0 saturated carbocycles. The van der Waals surface area contributed by atoms with Crippen molar-refractivity contribution < 1.29 is 9.18 Å². The Morgan fingerprint density at radius 3 is 2.46 bits per heavy atom. The Labute approximate surface area is 141 Å². The van der Waals surface area contributed by atoms with Gasteiger partial charge in [0.05, 0.1) is 0 Å². The summed E-state index contributed by atoms with van der Waals surface area (Å²) in [5.41, 5.74) is 3.17. The van der Waals surface area contributed by atoms with Gasteiger partial charge in [0.15, 0.2) is 0 Å². The Morgan fingerprint density at radius 2 is 1.79 bits per heavy atom. The minimum absolute atomic E-state index is 0.0468. The average molecular weight is 327 g/mol. The van der Waals surface area contributed by atoms with E-state index in [1.165, 1.54) is 17.7 Å². The molecular weight excluding hydrogens is 305 g/mol. The number of halogens is 1. The number of piperazine rings is 1. The number of nitrogens with one attached hydrogen (secondary N) is 1. The zero-order chi connectivity index (χ0) is 16.9. The molecule has 2 amide bonds. The van der Waals surface area contributed by atoms with Gasteiger partial charge in [0.2, 0.25) is 0 Å². The summed E-state index contributed by atoms with van der Waals surface area (Å²) in [5.74, 6) is -0.231. The minimum atomic E-state index is -0.231. The van der Waals surface area contributed by atoms with E-state index in [1.807, 2.05) is 42.2 Å². The van der Waals surface area contributed by atoms with E-state index < -0.39 is 0 Å². The van der Waals surface area contributed by atoms with Crippen LogP contribution in [0.3, 0.4) is 0 Å². The van der Waals surface area contributed by atoms with E-state index in [0.29, 0.717) is 32.7 Å². The van der Waals surface area contributed by atoms with Crippen LogP contribution in [0, 0.1) is 12.7 Å². The first-order chi connectivity index (χ1) is 11.6. The van der Waals surface area contributed by atoms with Gasteiger partial charge in [-0.3, -0.25) is 0 Å². The monoisotopic (exact) mass is 327 g/mol. The van der Waals surface area contributed by atoms with Crippen molar-refractivity contribution in [1.82, 2.24) is 10.2 Å². The summed E-state index contributed by atoms with van der Waals surface area (Å²) in [6.07, 6.45) is 0. The highest BCUT2D eigenvalue weighted by Gasteiger charge is 2.21. The lowest BCUT2D eigenvalue weighted by Crippen LogP contribution is -2.51. The first kappa shape index (κ1) is 16.3. The fourth-order valence-corrected chi connectivity index (χ4v) is 2.84. The number of rotatable bonds is 3. The van der Waals surface area contributed by atoms with E-state index in [1.54, 1.807) is 6.07 Å². The molecule has 24 heavy (non-hydrogen) atoms. The molecule has 0 radical (unpaired) electrons. The number of anilines is 1. The van der Waals surface area contributed by atoms with Gasteiger partial charge in [-0.05, 0) is 30.7 Å². The fourth-order valence-electron chi connectivity index (χ4n) is 2.84. The molecule has 0 aromatic heterocycles. The van der Waals surface area contributed by atoms with E-state index in [4.69, 9.17) is 0 Å². The molecule has 1 fully saturated rings. The van der Waals surface area contributed by atoms with Crippen LogP contribution in [-0.2, 0) is 6.54 Å². The summed E-state index contributed by atoms with van der Waals surface area (Å²) in [7, 11) is 0.